The lowest BCUT2D eigenvalue weighted by Crippen LogP contribution is -2.47. The number of carbonyl (C=O) groups excluding carboxylic acids is 1. The van der Waals surface area contributed by atoms with Gasteiger partial charge in [0, 0.05) is 18.6 Å². The van der Waals surface area contributed by atoms with Crippen LogP contribution in [0.2, 0.25) is 0 Å². The van der Waals surface area contributed by atoms with Crippen LogP contribution in [-0.2, 0) is 4.79 Å². The average molecular weight is 224 g/mol. The van der Waals surface area contributed by atoms with Gasteiger partial charge in [-0.25, -0.2) is 0 Å². The van der Waals surface area contributed by atoms with Crippen molar-refractivity contribution in [3.05, 3.63) is 0 Å². The number of amides is 1. The summed E-state index contributed by atoms with van der Waals surface area (Å²) in [6.45, 7) is 4.73. The van der Waals surface area contributed by atoms with Gasteiger partial charge in [0.2, 0.25) is 5.91 Å². The third kappa shape index (κ3) is 2.97. The van der Waals surface area contributed by atoms with E-state index in [1.165, 1.54) is 44.9 Å². The summed E-state index contributed by atoms with van der Waals surface area (Å²) in [5.74, 6) is 0.299. The normalized spacial score (nSPS) is 24.7. The first-order valence-corrected chi connectivity index (χ1v) is 6.72. The van der Waals surface area contributed by atoms with Gasteiger partial charge in [0.1, 0.15) is 0 Å². The third-order valence-electron chi connectivity index (χ3n) is 4.08. The Kier molecular flexibility index (Phi) is 3.85. The lowest BCUT2D eigenvalue weighted by molar-refractivity contribution is -0.131. The average Bonchev–Trinajstić information content (AvgIpc) is 2.75. The zero-order valence-corrected chi connectivity index (χ0v) is 10.4. The summed E-state index contributed by atoms with van der Waals surface area (Å²) in [6.07, 6.45) is 8.71. The maximum atomic E-state index is 12.0. The van der Waals surface area contributed by atoms with Gasteiger partial charge in [-0.2, -0.15) is 0 Å². The summed E-state index contributed by atoms with van der Waals surface area (Å²) < 4.78 is 0. The molecule has 3 heteroatoms. The molecule has 2 rings (SSSR count). The first kappa shape index (κ1) is 11.9. The van der Waals surface area contributed by atoms with Gasteiger partial charge in [-0.15, -0.1) is 0 Å². The number of hydrogen-bond acceptors (Lipinski definition) is 2. The van der Waals surface area contributed by atoms with Crippen LogP contribution < -0.4 is 5.32 Å². The minimum Gasteiger partial charge on any atom is -0.342 e. The number of carbonyl (C=O) groups is 1. The molecule has 0 atom stereocenters. The predicted octanol–water partition coefficient (Wildman–Crippen LogP) is 1.92. The van der Waals surface area contributed by atoms with Crippen LogP contribution in [0, 0.1) is 0 Å². The highest BCUT2D eigenvalue weighted by atomic mass is 16.2. The Morgan fingerprint density at radius 2 is 1.75 bits per heavy atom. The maximum absolute atomic E-state index is 12.0. The van der Waals surface area contributed by atoms with E-state index >= 15 is 0 Å². The molecule has 92 valence electrons. The molecule has 1 N–H and O–H groups in total. The summed E-state index contributed by atoms with van der Waals surface area (Å²) in [5.41, 5.74) is 0.228. The molecule has 1 amide bonds. The van der Waals surface area contributed by atoms with E-state index in [-0.39, 0.29) is 5.54 Å². The lowest BCUT2D eigenvalue weighted by Gasteiger charge is -2.30. The Bertz CT molecular complexity index is 240. The van der Waals surface area contributed by atoms with Crippen molar-refractivity contribution in [2.24, 2.45) is 0 Å². The molecule has 3 nitrogen and oxygen atoms in total. The van der Waals surface area contributed by atoms with E-state index in [1.807, 2.05) is 4.90 Å². The van der Waals surface area contributed by atoms with Crippen LogP contribution in [0.5, 0.6) is 0 Å². The van der Waals surface area contributed by atoms with Crippen molar-refractivity contribution >= 4 is 5.91 Å². The molecule has 1 saturated carbocycles. The van der Waals surface area contributed by atoms with Crippen molar-refractivity contribution in [2.45, 2.75) is 57.4 Å². The third-order valence-corrected chi connectivity index (χ3v) is 4.08. The summed E-state index contributed by atoms with van der Waals surface area (Å²) in [5, 5.41) is 3.46. The van der Waals surface area contributed by atoms with Gasteiger partial charge in [-0.05, 0) is 39.0 Å². The van der Waals surface area contributed by atoms with E-state index < -0.39 is 0 Å². The SMILES string of the molecule is CC1(NCC(=O)N2CCCCC2)CCCC1. The van der Waals surface area contributed by atoms with E-state index in [4.69, 9.17) is 0 Å². The first-order valence-electron chi connectivity index (χ1n) is 6.72. The standard InChI is InChI=1S/C13H24N2O/c1-13(7-3-4-8-13)14-11-12(16)15-9-5-2-6-10-15/h14H,2-11H2,1H3. The van der Waals surface area contributed by atoms with Gasteiger partial charge < -0.3 is 10.2 Å². The van der Waals surface area contributed by atoms with Gasteiger partial charge in [0.25, 0.3) is 0 Å². The topological polar surface area (TPSA) is 32.3 Å². The first-order chi connectivity index (χ1) is 7.70. The second-order valence-corrected chi connectivity index (χ2v) is 5.56. The van der Waals surface area contributed by atoms with Crippen molar-refractivity contribution in [2.75, 3.05) is 19.6 Å². The molecule has 1 aliphatic heterocycles. The van der Waals surface area contributed by atoms with Crippen molar-refractivity contribution in [1.82, 2.24) is 10.2 Å². The van der Waals surface area contributed by atoms with Crippen molar-refractivity contribution in [1.29, 1.82) is 0 Å². The highest BCUT2D eigenvalue weighted by Crippen LogP contribution is 2.28. The molecule has 0 unspecified atom stereocenters. The monoisotopic (exact) mass is 224 g/mol. The Morgan fingerprint density at radius 1 is 1.12 bits per heavy atom. The number of nitrogens with zero attached hydrogens (tertiary/aromatic N) is 1. The van der Waals surface area contributed by atoms with Gasteiger partial charge in [-0.1, -0.05) is 12.8 Å². The van der Waals surface area contributed by atoms with Crippen LogP contribution in [0.15, 0.2) is 0 Å². The quantitative estimate of drug-likeness (QED) is 0.794. The molecule has 1 heterocycles. The summed E-state index contributed by atoms with van der Waals surface area (Å²) >= 11 is 0. The molecule has 0 aromatic rings. The fourth-order valence-corrected chi connectivity index (χ4v) is 2.88. The molecule has 1 aliphatic carbocycles. The maximum Gasteiger partial charge on any atom is 0.236 e. The van der Waals surface area contributed by atoms with Crippen molar-refractivity contribution in [3.63, 3.8) is 0 Å². The Hall–Kier alpha value is -0.570. The smallest absolute Gasteiger partial charge is 0.236 e. The molecule has 0 spiro atoms. The summed E-state index contributed by atoms with van der Waals surface area (Å²) in [7, 11) is 0. The molecular weight excluding hydrogens is 200 g/mol. The van der Waals surface area contributed by atoms with Crippen LogP contribution in [0.25, 0.3) is 0 Å². The number of hydrogen-bond donors (Lipinski definition) is 1. The molecule has 0 aromatic heterocycles. The van der Waals surface area contributed by atoms with Crippen LogP contribution in [-0.4, -0.2) is 36.0 Å². The summed E-state index contributed by atoms with van der Waals surface area (Å²) in [4.78, 5) is 14.0. The Labute approximate surface area is 98.6 Å². The van der Waals surface area contributed by atoms with Crippen molar-refractivity contribution < 1.29 is 4.79 Å². The highest BCUT2D eigenvalue weighted by Gasteiger charge is 2.29. The Balaban J connectivity index is 1.74. The predicted molar refractivity (Wildman–Crippen MR) is 65.3 cm³/mol. The van der Waals surface area contributed by atoms with Gasteiger partial charge >= 0.3 is 0 Å². The van der Waals surface area contributed by atoms with E-state index in [0.717, 1.165) is 13.1 Å². The molecule has 16 heavy (non-hydrogen) atoms. The molecule has 2 fully saturated rings. The molecule has 0 radical (unpaired) electrons. The molecule has 2 aliphatic rings. The molecule has 0 aromatic carbocycles. The Morgan fingerprint density at radius 3 is 2.38 bits per heavy atom. The lowest BCUT2D eigenvalue weighted by atomic mass is 10.0. The number of piperidine rings is 1. The van der Waals surface area contributed by atoms with E-state index in [2.05, 4.69) is 12.2 Å². The highest BCUT2D eigenvalue weighted by molar-refractivity contribution is 5.78. The second kappa shape index (κ2) is 5.17. The van der Waals surface area contributed by atoms with Gasteiger partial charge in [0.15, 0.2) is 0 Å². The van der Waals surface area contributed by atoms with Crippen molar-refractivity contribution in [3.8, 4) is 0 Å². The van der Waals surface area contributed by atoms with Gasteiger partial charge in [-0.3, -0.25) is 4.79 Å². The fraction of sp³-hybridized carbons (Fsp3) is 0.923. The van der Waals surface area contributed by atoms with E-state index in [0.29, 0.717) is 12.5 Å². The molecule has 1 saturated heterocycles. The van der Waals surface area contributed by atoms with Crippen LogP contribution in [0.3, 0.4) is 0 Å². The minimum absolute atomic E-state index is 0.228. The van der Waals surface area contributed by atoms with E-state index in [1.54, 1.807) is 0 Å². The minimum atomic E-state index is 0.228. The van der Waals surface area contributed by atoms with Gasteiger partial charge in [0.05, 0.1) is 6.54 Å². The number of nitrogens with one attached hydrogen (secondary N) is 1. The van der Waals surface area contributed by atoms with Crippen LogP contribution >= 0.6 is 0 Å². The van der Waals surface area contributed by atoms with E-state index in [9.17, 15) is 4.79 Å². The second-order valence-electron chi connectivity index (χ2n) is 5.56. The zero-order valence-electron chi connectivity index (χ0n) is 10.4. The van der Waals surface area contributed by atoms with Crippen LogP contribution in [0.1, 0.15) is 51.9 Å². The zero-order chi connectivity index (χ0) is 11.4. The summed E-state index contributed by atoms with van der Waals surface area (Å²) in [6, 6.07) is 0. The molecular formula is C13H24N2O. The fourth-order valence-electron chi connectivity index (χ4n) is 2.88. The molecule has 0 bridgehead atoms. The number of likely N-dealkylation sites (tertiary alicyclic amines) is 1. The van der Waals surface area contributed by atoms with Crippen LogP contribution in [0.4, 0.5) is 0 Å². The number of rotatable bonds is 3. The largest absolute Gasteiger partial charge is 0.342 e.